The minimum absolute atomic E-state index is 0.259. The van der Waals surface area contributed by atoms with Gasteiger partial charge in [-0.2, -0.15) is 0 Å². The van der Waals surface area contributed by atoms with Gasteiger partial charge < -0.3 is 4.90 Å². The summed E-state index contributed by atoms with van der Waals surface area (Å²) in [5, 5.41) is 8.53. The molecule has 0 aliphatic carbocycles. The summed E-state index contributed by atoms with van der Waals surface area (Å²) in [5.74, 6) is -0.168. The van der Waals surface area contributed by atoms with Crippen molar-refractivity contribution in [3.8, 4) is 0 Å². The molecule has 0 unspecified atom stereocenters. The summed E-state index contributed by atoms with van der Waals surface area (Å²) in [5.41, 5.74) is 4.54. The van der Waals surface area contributed by atoms with Gasteiger partial charge in [0.25, 0.3) is 5.91 Å². The number of rotatable bonds is 6. The van der Waals surface area contributed by atoms with E-state index in [9.17, 15) is 9.18 Å². The molecular formula is C21H22FN3O2. The summed E-state index contributed by atoms with van der Waals surface area (Å²) < 4.78 is 14.4. The maximum atomic E-state index is 14.4. The highest BCUT2D eigenvalue weighted by Gasteiger charge is 2.20. The van der Waals surface area contributed by atoms with Crippen molar-refractivity contribution in [1.82, 2.24) is 10.4 Å². The predicted molar refractivity (Wildman–Crippen MR) is 103 cm³/mol. The lowest BCUT2D eigenvalue weighted by Gasteiger charge is -2.30. The molecule has 27 heavy (non-hydrogen) atoms. The molecule has 1 aliphatic heterocycles. The number of nitrogens with zero attached hydrogens (tertiary/aromatic N) is 2. The van der Waals surface area contributed by atoms with Gasteiger partial charge in [0.15, 0.2) is 0 Å². The Hall–Kier alpha value is -2.99. The van der Waals surface area contributed by atoms with Gasteiger partial charge in [-0.05, 0) is 30.2 Å². The van der Waals surface area contributed by atoms with Gasteiger partial charge in [-0.25, -0.2) is 14.9 Å². The molecule has 2 aromatic carbocycles. The summed E-state index contributed by atoms with van der Waals surface area (Å²) in [4.78, 5) is 18.0. The van der Waals surface area contributed by atoms with E-state index < -0.39 is 11.7 Å². The summed E-state index contributed by atoms with van der Waals surface area (Å²) in [6.07, 6.45) is 4.08. The van der Waals surface area contributed by atoms with E-state index in [-0.39, 0.29) is 5.56 Å². The largest absolute Gasteiger partial charge is 0.355 e. The number of hydrogen-bond donors (Lipinski definition) is 2. The first-order valence-electron chi connectivity index (χ1n) is 8.91. The van der Waals surface area contributed by atoms with Crippen LogP contribution in [0.5, 0.6) is 0 Å². The monoisotopic (exact) mass is 367 g/mol. The van der Waals surface area contributed by atoms with Crippen LogP contribution in [0.2, 0.25) is 0 Å². The lowest BCUT2D eigenvalue weighted by Crippen LogP contribution is -2.34. The number of aliphatic imine (C=N–C) groups is 1. The average Bonchev–Trinajstić information content (AvgIpc) is 2.70. The van der Waals surface area contributed by atoms with Gasteiger partial charge >= 0.3 is 0 Å². The number of carbonyl (C=O) groups excluding carboxylic acids is 1. The molecule has 6 heteroatoms. The highest BCUT2D eigenvalue weighted by Crippen LogP contribution is 2.30. The van der Waals surface area contributed by atoms with Crippen LogP contribution in [-0.2, 0) is 17.8 Å². The summed E-state index contributed by atoms with van der Waals surface area (Å²) in [6.45, 7) is 3.47. The number of nitrogens with one attached hydrogen (secondary N) is 1. The maximum Gasteiger partial charge on any atom is 0.267 e. The van der Waals surface area contributed by atoms with E-state index in [0.29, 0.717) is 12.2 Å². The molecule has 2 N–H and O–H groups in total. The third-order valence-corrected chi connectivity index (χ3v) is 4.53. The number of carbonyl (C=O) groups is 1. The smallest absolute Gasteiger partial charge is 0.267 e. The van der Waals surface area contributed by atoms with Crippen LogP contribution in [0.3, 0.4) is 0 Å². The fourth-order valence-corrected chi connectivity index (χ4v) is 3.11. The molecule has 0 radical (unpaired) electrons. The Kier molecular flexibility index (Phi) is 5.98. The highest BCUT2D eigenvalue weighted by atomic mass is 19.1. The van der Waals surface area contributed by atoms with E-state index in [2.05, 4.69) is 24.0 Å². The summed E-state index contributed by atoms with van der Waals surface area (Å²) >= 11 is 0. The Bertz CT molecular complexity index is 878. The van der Waals surface area contributed by atoms with E-state index in [4.69, 9.17) is 10.2 Å². The Morgan fingerprint density at radius 3 is 2.81 bits per heavy atom. The second-order valence-corrected chi connectivity index (χ2v) is 6.35. The average molecular weight is 367 g/mol. The quantitative estimate of drug-likeness (QED) is 0.463. The third-order valence-electron chi connectivity index (χ3n) is 4.53. The van der Waals surface area contributed by atoms with Crippen molar-refractivity contribution in [2.45, 2.75) is 26.3 Å². The van der Waals surface area contributed by atoms with Crippen molar-refractivity contribution in [1.29, 1.82) is 0 Å². The lowest BCUT2D eigenvalue weighted by molar-refractivity contribution is -0.124. The predicted octanol–water partition coefficient (Wildman–Crippen LogP) is 3.84. The lowest BCUT2D eigenvalue weighted by atomic mass is 10.0. The fraction of sp³-hybridized carbons (Fsp3) is 0.238. The number of amidine groups is 1. The van der Waals surface area contributed by atoms with Crippen LogP contribution in [0.4, 0.5) is 10.1 Å². The number of halogens is 1. The molecule has 0 spiro atoms. The molecule has 0 bridgehead atoms. The second kappa shape index (κ2) is 8.60. The number of hydrogen-bond acceptors (Lipinski definition) is 4. The minimum Gasteiger partial charge on any atom is -0.355 e. The van der Waals surface area contributed by atoms with Crippen molar-refractivity contribution in [3.05, 3.63) is 71.0 Å². The van der Waals surface area contributed by atoms with Crippen LogP contribution < -0.4 is 5.48 Å². The normalized spacial score (nSPS) is 13.4. The number of amides is 1. The molecule has 1 heterocycles. The van der Waals surface area contributed by atoms with Crippen LogP contribution in [0, 0.1) is 5.82 Å². The first-order valence-corrected chi connectivity index (χ1v) is 8.91. The molecular weight excluding hydrogens is 345 g/mol. The van der Waals surface area contributed by atoms with Crippen LogP contribution in [0.25, 0.3) is 6.08 Å². The van der Waals surface area contributed by atoms with E-state index in [1.807, 2.05) is 18.2 Å². The molecule has 2 aromatic rings. The topological polar surface area (TPSA) is 64.9 Å². The van der Waals surface area contributed by atoms with Crippen LogP contribution in [0.15, 0.2) is 53.5 Å². The van der Waals surface area contributed by atoms with Gasteiger partial charge in [0.1, 0.15) is 11.7 Å². The second-order valence-electron chi connectivity index (χ2n) is 6.35. The van der Waals surface area contributed by atoms with Crippen LogP contribution >= 0.6 is 0 Å². The third kappa shape index (κ3) is 4.60. The molecule has 0 aromatic heterocycles. The van der Waals surface area contributed by atoms with Gasteiger partial charge in [0.2, 0.25) is 0 Å². The SMILES string of the molecule is CCC1=Nc2cc(C=CC(=O)NO)c(F)cc2CN1CCc1ccccc1. The van der Waals surface area contributed by atoms with Crippen molar-refractivity contribution in [2.24, 2.45) is 4.99 Å². The van der Waals surface area contributed by atoms with E-state index in [1.165, 1.54) is 23.2 Å². The molecule has 0 atom stereocenters. The molecule has 1 aliphatic rings. The van der Waals surface area contributed by atoms with Gasteiger partial charge in [-0.15, -0.1) is 0 Å². The minimum atomic E-state index is -0.711. The Morgan fingerprint density at radius 1 is 1.33 bits per heavy atom. The summed E-state index contributed by atoms with van der Waals surface area (Å²) in [6, 6.07) is 13.4. The zero-order chi connectivity index (χ0) is 19.2. The maximum absolute atomic E-state index is 14.4. The standard InChI is InChI=1S/C21H22FN3O2/c1-2-20-23-19-13-16(8-9-21(26)24-27)18(22)12-17(19)14-25(20)11-10-15-6-4-3-5-7-15/h3-9,12-13,27H,2,10-11,14H2,1H3,(H,24,26). The summed E-state index contributed by atoms with van der Waals surface area (Å²) in [7, 11) is 0. The fourth-order valence-electron chi connectivity index (χ4n) is 3.11. The van der Waals surface area contributed by atoms with Gasteiger partial charge in [0, 0.05) is 36.7 Å². The van der Waals surface area contributed by atoms with Gasteiger partial charge in [0.05, 0.1) is 5.69 Å². The Labute approximate surface area is 157 Å². The molecule has 0 fully saturated rings. The van der Waals surface area contributed by atoms with Gasteiger partial charge in [-0.1, -0.05) is 37.3 Å². The van der Waals surface area contributed by atoms with E-state index >= 15 is 0 Å². The van der Waals surface area contributed by atoms with Crippen molar-refractivity contribution >= 4 is 23.5 Å². The first kappa shape index (κ1) is 18.8. The highest BCUT2D eigenvalue weighted by molar-refractivity contribution is 5.91. The number of benzene rings is 2. The van der Waals surface area contributed by atoms with E-state index in [0.717, 1.165) is 36.9 Å². The number of fused-ring (bicyclic) bond motifs is 1. The zero-order valence-corrected chi connectivity index (χ0v) is 15.2. The molecule has 140 valence electrons. The zero-order valence-electron chi connectivity index (χ0n) is 15.2. The van der Waals surface area contributed by atoms with Gasteiger partial charge in [-0.3, -0.25) is 10.0 Å². The van der Waals surface area contributed by atoms with Crippen molar-refractivity contribution in [2.75, 3.05) is 6.54 Å². The molecule has 3 rings (SSSR count). The first-order chi connectivity index (χ1) is 13.1. The Balaban J connectivity index is 1.80. The molecule has 0 saturated heterocycles. The Morgan fingerprint density at radius 2 is 2.11 bits per heavy atom. The molecule has 1 amide bonds. The van der Waals surface area contributed by atoms with Crippen LogP contribution in [-0.4, -0.2) is 28.4 Å². The van der Waals surface area contributed by atoms with Crippen molar-refractivity contribution in [3.63, 3.8) is 0 Å². The molecule has 0 saturated carbocycles. The molecule has 5 nitrogen and oxygen atoms in total. The van der Waals surface area contributed by atoms with E-state index in [1.54, 1.807) is 6.07 Å². The van der Waals surface area contributed by atoms with Crippen LogP contribution in [0.1, 0.15) is 30.0 Å². The van der Waals surface area contributed by atoms with Crippen molar-refractivity contribution < 1.29 is 14.4 Å². The number of hydroxylamine groups is 1.